The third-order valence-electron chi connectivity index (χ3n) is 3.58. The predicted molar refractivity (Wildman–Crippen MR) is 87.2 cm³/mol. The van der Waals surface area contributed by atoms with Crippen molar-refractivity contribution in [2.75, 3.05) is 0 Å². The number of nitrogens with one attached hydrogen (secondary N) is 1. The lowest BCUT2D eigenvalue weighted by atomic mass is 10.0. The molecule has 3 rings (SSSR count). The van der Waals surface area contributed by atoms with Crippen LogP contribution in [0.3, 0.4) is 0 Å². The summed E-state index contributed by atoms with van der Waals surface area (Å²) in [5.41, 5.74) is 0.720. The van der Waals surface area contributed by atoms with Crippen LogP contribution < -0.4 is 5.32 Å². The van der Waals surface area contributed by atoms with Gasteiger partial charge in [-0.2, -0.15) is 24.5 Å². The van der Waals surface area contributed by atoms with E-state index in [1.165, 1.54) is 23.5 Å². The van der Waals surface area contributed by atoms with E-state index in [-0.39, 0.29) is 16.9 Å². The maximum Gasteiger partial charge on any atom is 0.416 e. The summed E-state index contributed by atoms with van der Waals surface area (Å²) < 4.78 is 43.8. The number of rotatable bonds is 4. The first-order valence-corrected chi connectivity index (χ1v) is 8.23. The summed E-state index contributed by atoms with van der Waals surface area (Å²) in [5, 5.41) is 10.3. The number of aryl methyl sites for hydroxylation is 1. The van der Waals surface area contributed by atoms with Gasteiger partial charge in [0.05, 0.1) is 11.3 Å². The fourth-order valence-corrected chi connectivity index (χ4v) is 3.00. The Kier molecular flexibility index (Phi) is 4.63. The molecule has 0 saturated heterocycles. The van der Waals surface area contributed by atoms with Crippen LogP contribution in [0.5, 0.6) is 0 Å². The number of amides is 1. The molecule has 2 aromatic heterocycles. The molecule has 130 valence electrons. The molecular formula is C17H13F3N2O2S. The third-order valence-corrected chi connectivity index (χ3v) is 4.31. The second-order valence-electron chi connectivity index (χ2n) is 5.36. The maximum atomic E-state index is 12.9. The molecule has 1 N–H and O–H groups in total. The first-order valence-electron chi connectivity index (χ1n) is 7.29. The largest absolute Gasteiger partial charge is 0.416 e. The van der Waals surface area contributed by atoms with E-state index in [2.05, 4.69) is 10.5 Å². The molecule has 0 atom stereocenters. The molecule has 3 aromatic rings. The SMILES string of the molecule is Cc1noc(-c2cccc(C(F)(F)F)c2)c1C(=O)NCc1ccsc1. The zero-order valence-corrected chi connectivity index (χ0v) is 13.9. The summed E-state index contributed by atoms with van der Waals surface area (Å²) in [6.07, 6.45) is -4.48. The fraction of sp³-hybridized carbons (Fsp3) is 0.176. The third kappa shape index (κ3) is 3.74. The quantitative estimate of drug-likeness (QED) is 0.731. The van der Waals surface area contributed by atoms with E-state index in [0.717, 1.165) is 17.7 Å². The van der Waals surface area contributed by atoms with Crippen LogP contribution in [0.1, 0.15) is 27.2 Å². The number of halogens is 3. The number of carbonyl (C=O) groups is 1. The van der Waals surface area contributed by atoms with Gasteiger partial charge in [0.2, 0.25) is 0 Å². The molecule has 0 saturated carbocycles. The van der Waals surface area contributed by atoms with Gasteiger partial charge in [-0.1, -0.05) is 17.3 Å². The summed E-state index contributed by atoms with van der Waals surface area (Å²) in [6, 6.07) is 6.49. The number of carbonyl (C=O) groups excluding carboxylic acids is 1. The predicted octanol–water partition coefficient (Wildman–Crippen LogP) is 4.66. The van der Waals surface area contributed by atoms with Crippen molar-refractivity contribution in [3.05, 3.63) is 63.5 Å². The standard InChI is InChI=1S/C17H13F3N2O2S/c1-10-14(16(23)21-8-11-5-6-25-9-11)15(24-22-10)12-3-2-4-13(7-12)17(18,19)20/h2-7,9H,8H2,1H3,(H,21,23). The van der Waals surface area contributed by atoms with Crippen LogP contribution in [-0.4, -0.2) is 11.1 Å². The van der Waals surface area contributed by atoms with E-state index >= 15 is 0 Å². The van der Waals surface area contributed by atoms with Crippen molar-refractivity contribution >= 4 is 17.2 Å². The lowest BCUT2D eigenvalue weighted by molar-refractivity contribution is -0.137. The van der Waals surface area contributed by atoms with Crippen molar-refractivity contribution in [3.63, 3.8) is 0 Å². The highest BCUT2D eigenvalue weighted by Crippen LogP contribution is 2.33. The summed E-state index contributed by atoms with van der Waals surface area (Å²) in [4.78, 5) is 12.5. The first kappa shape index (κ1) is 17.2. The maximum absolute atomic E-state index is 12.9. The molecule has 8 heteroatoms. The van der Waals surface area contributed by atoms with Gasteiger partial charge in [-0.15, -0.1) is 0 Å². The van der Waals surface area contributed by atoms with Gasteiger partial charge in [0.25, 0.3) is 5.91 Å². The molecule has 25 heavy (non-hydrogen) atoms. The molecule has 0 bridgehead atoms. The van der Waals surface area contributed by atoms with Crippen molar-refractivity contribution in [3.8, 4) is 11.3 Å². The number of hydrogen-bond acceptors (Lipinski definition) is 4. The lowest BCUT2D eigenvalue weighted by Gasteiger charge is -2.08. The lowest BCUT2D eigenvalue weighted by Crippen LogP contribution is -2.23. The Labute approximate surface area is 145 Å². The van der Waals surface area contributed by atoms with Crippen molar-refractivity contribution in [1.29, 1.82) is 0 Å². The molecule has 0 unspecified atom stereocenters. The van der Waals surface area contributed by atoms with Crippen molar-refractivity contribution in [2.24, 2.45) is 0 Å². The summed E-state index contributed by atoms with van der Waals surface area (Å²) in [7, 11) is 0. The van der Waals surface area contributed by atoms with Gasteiger partial charge < -0.3 is 9.84 Å². The van der Waals surface area contributed by atoms with E-state index < -0.39 is 17.6 Å². The van der Waals surface area contributed by atoms with Crippen LogP contribution in [0.2, 0.25) is 0 Å². The van der Waals surface area contributed by atoms with E-state index in [1.807, 2.05) is 16.8 Å². The molecule has 0 spiro atoms. The fourth-order valence-electron chi connectivity index (χ4n) is 2.33. The average molecular weight is 366 g/mol. The number of benzene rings is 1. The number of hydrogen-bond donors (Lipinski definition) is 1. The minimum absolute atomic E-state index is 0.0198. The number of thiophene rings is 1. The zero-order valence-electron chi connectivity index (χ0n) is 13.1. The zero-order chi connectivity index (χ0) is 18.0. The van der Waals surface area contributed by atoms with Crippen molar-refractivity contribution < 1.29 is 22.5 Å². The summed E-state index contributed by atoms with van der Waals surface area (Å²) >= 11 is 1.51. The van der Waals surface area contributed by atoms with Crippen LogP contribution >= 0.6 is 11.3 Å². The van der Waals surface area contributed by atoms with E-state index in [1.54, 1.807) is 6.92 Å². The van der Waals surface area contributed by atoms with Gasteiger partial charge in [-0.05, 0) is 41.4 Å². The van der Waals surface area contributed by atoms with Crippen molar-refractivity contribution in [2.45, 2.75) is 19.6 Å². The number of alkyl halides is 3. The van der Waals surface area contributed by atoms with Crippen LogP contribution in [-0.2, 0) is 12.7 Å². The van der Waals surface area contributed by atoms with Crippen LogP contribution in [0.4, 0.5) is 13.2 Å². The smallest absolute Gasteiger partial charge is 0.355 e. The molecule has 0 fully saturated rings. The van der Waals surface area contributed by atoms with Gasteiger partial charge in [0, 0.05) is 12.1 Å². The monoisotopic (exact) mass is 366 g/mol. The molecule has 1 amide bonds. The Balaban J connectivity index is 1.90. The van der Waals surface area contributed by atoms with Crippen LogP contribution in [0.15, 0.2) is 45.6 Å². The Bertz CT molecular complexity index is 886. The van der Waals surface area contributed by atoms with Crippen molar-refractivity contribution in [1.82, 2.24) is 10.5 Å². The van der Waals surface area contributed by atoms with Crippen LogP contribution in [0.25, 0.3) is 11.3 Å². The Morgan fingerprint density at radius 2 is 2.12 bits per heavy atom. The molecule has 0 aliphatic heterocycles. The van der Waals surface area contributed by atoms with E-state index in [9.17, 15) is 18.0 Å². The van der Waals surface area contributed by atoms with Gasteiger partial charge in [0.1, 0.15) is 5.56 Å². The minimum Gasteiger partial charge on any atom is -0.355 e. The van der Waals surface area contributed by atoms with Gasteiger partial charge in [-0.25, -0.2) is 0 Å². The molecule has 4 nitrogen and oxygen atoms in total. The second-order valence-corrected chi connectivity index (χ2v) is 6.14. The van der Waals surface area contributed by atoms with Gasteiger partial charge in [0.15, 0.2) is 5.76 Å². The summed E-state index contributed by atoms with van der Waals surface area (Å²) in [5.74, 6) is -0.427. The Hall–Kier alpha value is -2.61. The molecule has 0 radical (unpaired) electrons. The topological polar surface area (TPSA) is 55.1 Å². The molecular weight excluding hydrogens is 353 g/mol. The molecule has 0 aliphatic rings. The Morgan fingerprint density at radius 1 is 1.32 bits per heavy atom. The minimum atomic E-state index is -4.48. The highest BCUT2D eigenvalue weighted by Gasteiger charge is 2.31. The highest BCUT2D eigenvalue weighted by molar-refractivity contribution is 7.07. The number of aromatic nitrogens is 1. The Morgan fingerprint density at radius 3 is 2.80 bits per heavy atom. The second kappa shape index (κ2) is 6.72. The van der Waals surface area contributed by atoms with Crippen LogP contribution in [0, 0.1) is 6.92 Å². The van der Waals surface area contributed by atoms with E-state index in [0.29, 0.717) is 12.2 Å². The first-order chi connectivity index (χ1) is 11.9. The molecule has 1 aromatic carbocycles. The highest BCUT2D eigenvalue weighted by atomic mass is 32.1. The van der Waals surface area contributed by atoms with Gasteiger partial charge in [-0.3, -0.25) is 4.79 Å². The van der Waals surface area contributed by atoms with Gasteiger partial charge >= 0.3 is 6.18 Å². The molecule has 0 aliphatic carbocycles. The number of nitrogens with zero attached hydrogens (tertiary/aromatic N) is 1. The van der Waals surface area contributed by atoms with E-state index in [4.69, 9.17) is 4.52 Å². The average Bonchev–Trinajstić information content (AvgIpc) is 3.21. The summed E-state index contributed by atoms with van der Waals surface area (Å²) in [6.45, 7) is 1.88. The normalized spacial score (nSPS) is 11.5. The molecule has 2 heterocycles.